The zero-order chi connectivity index (χ0) is 39.0. The molecule has 3 unspecified atom stereocenters. The van der Waals surface area contributed by atoms with Crippen molar-refractivity contribution in [3.05, 3.63) is 54.4 Å². The molecule has 21 heteroatoms. The van der Waals surface area contributed by atoms with Crippen LogP contribution in [0, 0.1) is 17.5 Å². The zero-order valence-electron chi connectivity index (χ0n) is 30.1. The van der Waals surface area contributed by atoms with Gasteiger partial charge in [0.25, 0.3) is 0 Å². The van der Waals surface area contributed by atoms with E-state index in [-0.39, 0.29) is 61.0 Å². The van der Waals surface area contributed by atoms with Crippen molar-refractivity contribution >= 4 is 16.8 Å². The van der Waals surface area contributed by atoms with Crippen molar-refractivity contribution in [1.82, 2.24) is 44.9 Å². The van der Waals surface area contributed by atoms with E-state index in [1.807, 2.05) is 13.8 Å². The van der Waals surface area contributed by atoms with Gasteiger partial charge in [0.1, 0.15) is 30.1 Å². The van der Waals surface area contributed by atoms with Crippen LogP contribution >= 0.6 is 10.9 Å². The minimum absolute atomic E-state index is 0.0168. The maximum atomic E-state index is 14.1. The number of methoxy groups -OCH3 is 1. The summed E-state index contributed by atoms with van der Waals surface area (Å²) in [6.45, 7) is 3.83. The topological polar surface area (TPSA) is 205 Å². The van der Waals surface area contributed by atoms with Gasteiger partial charge in [0.15, 0.2) is 17.5 Å². The highest BCUT2D eigenvalue weighted by Crippen LogP contribution is 2.51. The molecule has 3 saturated heterocycles. The van der Waals surface area contributed by atoms with Gasteiger partial charge in [0.05, 0.1) is 69.8 Å². The van der Waals surface area contributed by atoms with Crippen molar-refractivity contribution in [1.29, 1.82) is 0 Å². The first-order valence-corrected chi connectivity index (χ1v) is 19.3. The SMILES string of the molecule is COc1ncc(-c2cn([C@H]3COC[C@@H]([SH]4C[C@H](OCC(=O)N5CC(C)OC(C)C5)[C@@H](n5cc(-c6cc(F)c(F)c(F)c6)nn5)[C@@H](O)[C@H]4CO)[C@@H]3O)nn2)cn1. The molecule has 298 valence electrons. The van der Waals surface area contributed by atoms with Crippen LogP contribution in [0.5, 0.6) is 6.01 Å². The van der Waals surface area contributed by atoms with Crippen LogP contribution in [-0.4, -0.2) is 159 Å². The van der Waals surface area contributed by atoms with E-state index in [1.54, 1.807) is 11.1 Å². The maximum Gasteiger partial charge on any atom is 0.316 e. The van der Waals surface area contributed by atoms with Crippen LogP contribution in [-0.2, 0) is 19.0 Å². The van der Waals surface area contributed by atoms with E-state index >= 15 is 0 Å². The molecule has 1 aromatic carbocycles. The summed E-state index contributed by atoms with van der Waals surface area (Å²) in [5.41, 5.74) is 0.910. The number of thiol groups is 1. The monoisotopic (exact) mass is 793 g/mol. The number of benzene rings is 1. The van der Waals surface area contributed by atoms with Gasteiger partial charge in [-0.3, -0.25) is 4.79 Å². The number of ether oxygens (including phenoxy) is 4. The second-order valence-corrected chi connectivity index (χ2v) is 16.6. The summed E-state index contributed by atoms with van der Waals surface area (Å²) in [7, 11) is -0.0478. The number of nitrogens with zero attached hydrogens (tertiary/aromatic N) is 9. The largest absolute Gasteiger partial charge is 0.467 e. The van der Waals surface area contributed by atoms with E-state index in [2.05, 4.69) is 30.6 Å². The summed E-state index contributed by atoms with van der Waals surface area (Å²) < 4.78 is 67.9. The molecule has 3 aliphatic heterocycles. The number of halogens is 3. The smallest absolute Gasteiger partial charge is 0.316 e. The van der Waals surface area contributed by atoms with Crippen LogP contribution in [0.25, 0.3) is 22.5 Å². The van der Waals surface area contributed by atoms with E-state index in [0.29, 0.717) is 24.3 Å². The van der Waals surface area contributed by atoms with Gasteiger partial charge in [-0.05, 0) is 26.0 Å². The molecule has 0 spiro atoms. The van der Waals surface area contributed by atoms with Gasteiger partial charge in [-0.15, -0.1) is 10.2 Å². The number of amides is 1. The predicted octanol–water partition coefficient (Wildman–Crippen LogP) is 0.719. The molecule has 3 aliphatic rings. The van der Waals surface area contributed by atoms with Crippen LogP contribution in [0.4, 0.5) is 13.2 Å². The number of aliphatic hydroxyl groups is 3. The van der Waals surface area contributed by atoms with E-state index in [9.17, 15) is 33.3 Å². The fourth-order valence-corrected chi connectivity index (χ4v) is 10.9. The molecule has 4 aromatic rings. The molecule has 0 radical (unpaired) electrons. The number of carbonyl (C=O) groups excluding carboxylic acids is 1. The van der Waals surface area contributed by atoms with Crippen LogP contribution in [0.15, 0.2) is 36.9 Å². The van der Waals surface area contributed by atoms with Gasteiger partial charge in [-0.25, -0.2) is 43.4 Å². The Balaban J connectivity index is 1.16. The number of hydrogen-bond acceptors (Lipinski definition) is 14. The Kier molecular flexibility index (Phi) is 11.7. The zero-order valence-corrected chi connectivity index (χ0v) is 31.0. The Morgan fingerprint density at radius 1 is 0.945 bits per heavy atom. The Morgan fingerprint density at radius 3 is 2.24 bits per heavy atom. The normalized spacial score (nSPS) is 30.7. The highest BCUT2D eigenvalue weighted by Gasteiger charge is 2.50. The summed E-state index contributed by atoms with van der Waals surface area (Å²) in [6.07, 6.45) is 2.34. The molecule has 3 fully saturated rings. The lowest BCUT2D eigenvalue weighted by Gasteiger charge is -2.51. The molecule has 6 heterocycles. The number of morpholine rings is 1. The lowest BCUT2D eigenvalue weighted by atomic mass is 10.0. The highest BCUT2D eigenvalue weighted by molar-refractivity contribution is 8.18. The predicted molar refractivity (Wildman–Crippen MR) is 189 cm³/mol. The third kappa shape index (κ3) is 8.04. The van der Waals surface area contributed by atoms with Crippen molar-refractivity contribution in [2.24, 2.45) is 0 Å². The fraction of sp³-hybridized carbons (Fsp3) is 0.559. The summed E-state index contributed by atoms with van der Waals surface area (Å²) in [5.74, 6) is -4.58. The van der Waals surface area contributed by atoms with Crippen molar-refractivity contribution in [3.8, 4) is 28.5 Å². The lowest BCUT2D eigenvalue weighted by Crippen LogP contribution is -2.56. The molecule has 55 heavy (non-hydrogen) atoms. The van der Waals surface area contributed by atoms with Gasteiger partial charge in [-0.2, -0.15) is 0 Å². The molecule has 3 aromatic heterocycles. The molecule has 3 N–H and O–H groups in total. The van der Waals surface area contributed by atoms with E-state index in [0.717, 1.165) is 12.1 Å². The van der Waals surface area contributed by atoms with E-state index in [4.69, 9.17) is 18.9 Å². The summed E-state index contributed by atoms with van der Waals surface area (Å²) in [4.78, 5) is 23.3. The summed E-state index contributed by atoms with van der Waals surface area (Å²) >= 11 is 0. The Morgan fingerprint density at radius 2 is 1.58 bits per heavy atom. The third-order valence-electron chi connectivity index (χ3n) is 10.2. The molecule has 0 bridgehead atoms. The Labute approximate surface area is 315 Å². The minimum Gasteiger partial charge on any atom is -0.467 e. The average Bonchev–Trinajstić information content (AvgIpc) is 3.87. The van der Waals surface area contributed by atoms with Gasteiger partial charge < -0.3 is 39.2 Å². The van der Waals surface area contributed by atoms with Crippen LogP contribution in [0.2, 0.25) is 0 Å². The minimum atomic E-state index is -1.63. The van der Waals surface area contributed by atoms with Crippen molar-refractivity contribution in [2.75, 3.05) is 52.4 Å². The number of rotatable bonds is 10. The molecular formula is C34H42F3N9O8S. The van der Waals surface area contributed by atoms with E-state index < -0.39 is 75.8 Å². The van der Waals surface area contributed by atoms with Crippen LogP contribution in [0.3, 0.4) is 0 Å². The van der Waals surface area contributed by atoms with Crippen molar-refractivity contribution in [2.45, 2.75) is 67.0 Å². The first-order valence-electron chi connectivity index (χ1n) is 17.7. The van der Waals surface area contributed by atoms with Gasteiger partial charge in [0, 0.05) is 52.9 Å². The third-order valence-corrected chi connectivity index (χ3v) is 13.6. The number of carbonyl (C=O) groups is 1. The first kappa shape index (κ1) is 39.0. The Hall–Kier alpha value is -4.25. The number of aromatic nitrogens is 8. The summed E-state index contributed by atoms with van der Waals surface area (Å²) in [5, 5.41) is 49.9. The second kappa shape index (κ2) is 16.5. The first-order chi connectivity index (χ1) is 26.4. The van der Waals surface area contributed by atoms with Crippen molar-refractivity contribution in [3.63, 3.8) is 0 Å². The lowest BCUT2D eigenvalue weighted by molar-refractivity contribution is -0.151. The fourth-order valence-electron chi connectivity index (χ4n) is 7.49. The molecular weight excluding hydrogens is 751 g/mol. The average molecular weight is 794 g/mol. The van der Waals surface area contributed by atoms with Gasteiger partial charge in [0.2, 0.25) is 5.91 Å². The highest BCUT2D eigenvalue weighted by atomic mass is 32.2. The van der Waals surface area contributed by atoms with Crippen molar-refractivity contribution < 1.29 is 52.2 Å². The van der Waals surface area contributed by atoms with Gasteiger partial charge >= 0.3 is 6.01 Å². The maximum absolute atomic E-state index is 14.1. The molecule has 0 aliphatic carbocycles. The molecule has 17 nitrogen and oxygen atoms in total. The standard InChI is InChI=1S/C34H42F3N9O8S/c1-17-8-44(9-18(2)54-17)29(48)15-53-26-16-55(27(12-47)33(50)31(26)46-11-23(40-43-46)19-4-21(35)30(37)22(36)5-19)28-14-52-13-25(32(28)49)45-10-24(41-42-45)20-6-38-34(51-3)39-7-20/h4-7,10-11,17-18,25-28,31-33,47,49-50,55H,8-9,12-16H2,1-3H3/t17?,18?,25-,26-,27+,28+,31+,32+,33-/m0/s1. The van der Waals surface area contributed by atoms with E-state index in [1.165, 1.54) is 35.1 Å². The quantitative estimate of drug-likeness (QED) is 0.129. The van der Waals surface area contributed by atoms with Crippen LogP contribution in [0.1, 0.15) is 25.9 Å². The number of aliphatic hydroxyl groups excluding tert-OH is 3. The molecule has 0 saturated carbocycles. The molecule has 1 amide bonds. The second-order valence-electron chi connectivity index (χ2n) is 13.9. The molecule has 10 atom stereocenters. The van der Waals surface area contributed by atoms with Gasteiger partial charge in [-0.1, -0.05) is 10.4 Å². The number of hydrogen-bond donors (Lipinski definition) is 4. The Bertz CT molecular complexity index is 1930. The molecule has 7 rings (SSSR count). The van der Waals surface area contributed by atoms with Crippen LogP contribution < -0.4 is 4.74 Å². The summed E-state index contributed by atoms with van der Waals surface area (Å²) in [6, 6.07) is 0.0231.